The number of nitrogens with one attached hydrogen (secondary N) is 1. The molecule has 10 heteroatoms. The van der Waals surface area contributed by atoms with E-state index in [1.807, 2.05) is 6.07 Å². The smallest absolute Gasteiger partial charge is 0.229 e. The van der Waals surface area contributed by atoms with E-state index < -0.39 is 0 Å². The highest BCUT2D eigenvalue weighted by Gasteiger charge is 2.09. The molecule has 3 aromatic heterocycles. The van der Waals surface area contributed by atoms with Crippen molar-refractivity contribution in [3.8, 4) is 0 Å². The van der Waals surface area contributed by atoms with Crippen molar-refractivity contribution in [2.24, 2.45) is 0 Å². The van der Waals surface area contributed by atoms with E-state index in [1.54, 1.807) is 34.2 Å². The van der Waals surface area contributed by atoms with Crippen LogP contribution >= 0.6 is 15.9 Å². The number of hydrogen-bond acceptors (Lipinski definition) is 6. The SMILES string of the molecule is OCCn1cc(Nc2ncc3cnn(Cc4cc(F)cc(Br)c4)c3n2)cn1. The minimum absolute atomic E-state index is 0.0129. The molecule has 0 saturated carbocycles. The molecule has 0 radical (unpaired) electrons. The Bertz CT molecular complexity index is 1070. The summed E-state index contributed by atoms with van der Waals surface area (Å²) >= 11 is 3.30. The number of hydrogen-bond donors (Lipinski definition) is 2. The van der Waals surface area contributed by atoms with Gasteiger partial charge in [-0.2, -0.15) is 15.2 Å². The van der Waals surface area contributed by atoms with Crippen molar-refractivity contribution in [1.29, 1.82) is 0 Å². The van der Waals surface area contributed by atoms with Gasteiger partial charge < -0.3 is 10.4 Å². The number of rotatable bonds is 6. The largest absolute Gasteiger partial charge is 0.394 e. The van der Waals surface area contributed by atoms with Crippen LogP contribution in [0.2, 0.25) is 0 Å². The molecule has 8 nitrogen and oxygen atoms in total. The first-order chi connectivity index (χ1) is 13.1. The van der Waals surface area contributed by atoms with Crippen LogP contribution in [-0.4, -0.2) is 41.2 Å². The predicted molar refractivity (Wildman–Crippen MR) is 101 cm³/mol. The average Bonchev–Trinajstić information content (AvgIpc) is 3.22. The van der Waals surface area contributed by atoms with Crippen LogP contribution in [-0.2, 0) is 13.1 Å². The molecule has 4 rings (SSSR count). The van der Waals surface area contributed by atoms with Crippen molar-refractivity contribution >= 4 is 38.6 Å². The molecule has 0 aliphatic carbocycles. The first kappa shape index (κ1) is 17.6. The molecule has 138 valence electrons. The summed E-state index contributed by atoms with van der Waals surface area (Å²) in [5.41, 5.74) is 2.11. The van der Waals surface area contributed by atoms with Gasteiger partial charge in [-0.1, -0.05) is 15.9 Å². The van der Waals surface area contributed by atoms with Gasteiger partial charge in [0.05, 0.1) is 43.2 Å². The summed E-state index contributed by atoms with van der Waals surface area (Å²) in [6.07, 6.45) is 6.73. The number of aliphatic hydroxyl groups excluding tert-OH is 1. The fourth-order valence-corrected chi connectivity index (χ4v) is 3.21. The molecule has 0 fully saturated rings. The molecule has 2 N–H and O–H groups in total. The third-order valence-corrected chi connectivity index (χ3v) is 4.31. The predicted octanol–water partition coefficient (Wildman–Crippen LogP) is 2.71. The summed E-state index contributed by atoms with van der Waals surface area (Å²) in [6, 6.07) is 4.71. The maximum Gasteiger partial charge on any atom is 0.229 e. The second-order valence-electron chi connectivity index (χ2n) is 5.89. The van der Waals surface area contributed by atoms with Gasteiger partial charge in [0.2, 0.25) is 5.95 Å². The lowest BCUT2D eigenvalue weighted by molar-refractivity contribution is 0.269. The van der Waals surface area contributed by atoms with E-state index in [0.717, 1.165) is 10.9 Å². The van der Waals surface area contributed by atoms with Crippen LogP contribution in [0.1, 0.15) is 5.56 Å². The van der Waals surface area contributed by atoms with E-state index in [4.69, 9.17) is 5.11 Å². The minimum Gasteiger partial charge on any atom is -0.394 e. The van der Waals surface area contributed by atoms with Crippen LogP contribution in [0.15, 0.2) is 47.5 Å². The number of nitrogens with zero attached hydrogens (tertiary/aromatic N) is 6. The molecule has 0 aliphatic heterocycles. The zero-order chi connectivity index (χ0) is 18.8. The topological polar surface area (TPSA) is 93.7 Å². The van der Waals surface area contributed by atoms with Crippen molar-refractivity contribution in [3.05, 3.63) is 58.8 Å². The van der Waals surface area contributed by atoms with Crippen molar-refractivity contribution in [1.82, 2.24) is 29.5 Å². The zero-order valence-corrected chi connectivity index (χ0v) is 15.6. The number of aromatic nitrogens is 6. The monoisotopic (exact) mass is 431 g/mol. The molecule has 0 unspecified atom stereocenters. The molecule has 0 bridgehead atoms. The van der Waals surface area contributed by atoms with Crippen LogP contribution in [0.25, 0.3) is 11.0 Å². The first-order valence-corrected chi connectivity index (χ1v) is 8.94. The summed E-state index contributed by atoms with van der Waals surface area (Å²) in [4.78, 5) is 8.79. The highest BCUT2D eigenvalue weighted by atomic mass is 79.9. The molecule has 0 atom stereocenters. The van der Waals surface area contributed by atoms with Crippen LogP contribution in [0, 0.1) is 5.82 Å². The van der Waals surface area contributed by atoms with E-state index in [-0.39, 0.29) is 12.4 Å². The Morgan fingerprint density at radius 3 is 2.85 bits per heavy atom. The second kappa shape index (κ2) is 7.41. The van der Waals surface area contributed by atoms with Gasteiger partial charge in [-0.05, 0) is 23.8 Å². The van der Waals surface area contributed by atoms with Crippen LogP contribution in [0.4, 0.5) is 16.0 Å². The summed E-state index contributed by atoms with van der Waals surface area (Å²) in [5.74, 6) is 0.0842. The van der Waals surface area contributed by atoms with Crippen molar-refractivity contribution in [2.75, 3.05) is 11.9 Å². The van der Waals surface area contributed by atoms with Gasteiger partial charge in [-0.15, -0.1) is 0 Å². The second-order valence-corrected chi connectivity index (χ2v) is 6.81. The van der Waals surface area contributed by atoms with E-state index in [9.17, 15) is 4.39 Å². The van der Waals surface area contributed by atoms with E-state index in [1.165, 1.54) is 12.1 Å². The van der Waals surface area contributed by atoms with Gasteiger partial charge in [-0.25, -0.2) is 14.1 Å². The highest BCUT2D eigenvalue weighted by molar-refractivity contribution is 9.10. The summed E-state index contributed by atoms with van der Waals surface area (Å²) in [7, 11) is 0. The standard InChI is InChI=1S/C17H15BrFN7O/c18-13-3-11(4-14(19)5-13)9-26-16-12(7-22-26)6-20-17(24-16)23-15-8-21-25(10-15)1-2-27/h3-8,10,27H,1-2,9H2,(H,20,23,24). The number of fused-ring (bicyclic) bond motifs is 1. The molecule has 0 saturated heterocycles. The first-order valence-electron chi connectivity index (χ1n) is 8.14. The number of benzene rings is 1. The summed E-state index contributed by atoms with van der Waals surface area (Å²) in [5, 5.41) is 21.3. The Morgan fingerprint density at radius 2 is 2.04 bits per heavy atom. The maximum absolute atomic E-state index is 13.6. The molecular formula is C17H15BrFN7O. The van der Waals surface area contributed by atoms with E-state index in [2.05, 4.69) is 41.4 Å². The third kappa shape index (κ3) is 3.96. The molecule has 3 heterocycles. The summed E-state index contributed by atoms with van der Waals surface area (Å²) < 4.78 is 17.6. The number of anilines is 2. The highest BCUT2D eigenvalue weighted by Crippen LogP contribution is 2.19. The fourth-order valence-electron chi connectivity index (χ4n) is 2.70. The lowest BCUT2D eigenvalue weighted by atomic mass is 10.2. The number of aliphatic hydroxyl groups is 1. The van der Waals surface area contributed by atoms with E-state index in [0.29, 0.717) is 34.8 Å². The van der Waals surface area contributed by atoms with Crippen LogP contribution in [0.3, 0.4) is 0 Å². The Kier molecular flexibility index (Phi) is 4.82. The quantitative estimate of drug-likeness (QED) is 0.487. The van der Waals surface area contributed by atoms with Gasteiger partial charge in [0.1, 0.15) is 5.82 Å². The average molecular weight is 432 g/mol. The van der Waals surface area contributed by atoms with Crippen molar-refractivity contribution in [2.45, 2.75) is 13.1 Å². The van der Waals surface area contributed by atoms with Crippen molar-refractivity contribution in [3.63, 3.8) is 0 Å². The molecule has 4 aromatic rings. The third-order valence-electron chi connectivity index (χ3n) is 3.85. The van der Waals surface area contributed by atoms with Gasteiger partial charge in [-0.3, -0.25) is 4.68 Å². The minimum atomic E-state index is -0.312. The normalized spacial score (nSPS) is 11.2. The molecule has 0 amide bonds. The van der Waals surface area contributed by atoms with E-state index >= 15 is 0 Å². The lowest BCUT2D eigenvalue weighted by Gasteiger charge is -2.06. The van der Waals surface area contributed by atoms with Crippen LogP contribution < -0.4 is 5.32 Å². The number of halogens is 2. The lowest BCUT2D eigenvalue weighted by Crippen LogP contribution is -2.05. The van der Waals surface area contributed by atoms with Gasteiger partial charge in [0.25, 0.3) is 0 Å². The van der Waals surface area contributed by atoms with Gasteiger partial charge in [0.15, 0.2) is 5.65 Å². The Labute approximate surface area is 161 Å². The van der Waals surface area contributed by atoms with Gasteiger partial charge >= 0.3 is 0 Å². The Morgan fingerprint density at radius 1 is 1.15 bits per heavy atom. The fraction of sp³-hybridized carbons (Fsp3) is 0.176. The Balaban J connectivity index is 1.60. The molecule has 0 aliphatic rings. The molecule has 1 aromatic carbocycles. The van der Waals surface area contributed by atoms with Gasteiger partial charge in [0, 0.05) is 16.9 Å². The molecular weight excluding hydrogens is 417 g/mol. The maximum atomic E-state index is 13.6. The zero-order valence-electron chi connectivity index (χ0n) is 14.0. The van der Waals surface area contributed by atoms with Crippen molar-refractivity contribution < 1.29 is 9.50 Å². The molecule has 27 heavy (non-hydrogen) atoms. The van der Waals surface area contributed by atoms with Crippen LogP contribution in [0.5, 0.6) is 0 Å². The summed E-state index contributed by atoms with van der Waals surface area (Å²) in [6.45, 7) is 0.807. The Hall–Kier alpha value is -2.85. The molecule has 0 spiro atoms.